The minimum Gasteiger partial charge on any atom is -0.493 e. The van der Waals surface area contributed by atoms with Crippen LogP contribution in [0.5, 0.6) is 11.5 Å². The number of methoxy groups -OCH3 is 2. The third kappa shape index (κ3) is 4.73. The van der Waals surface area contributed by atoms with Crippen molar-refractivity contribution in [3.05, 3.63) is 78.5 Å². The highest BCUT2D eigenvalue weighted by Crippen LogP contribution is 2.35. The number of amides is 2. The van der Waals surface area contributed by atoms with Gasteiger partial charge in [0.1, 0.15) is 0 Å². The Morgan fingerprint density at radius 2 is 1.50 bits per heavy atom. The average Bonchev–Trinajstić information content (AvgIpc) is 2.79. The molecule has 1 aromatic heterocycles. The summed E-state index contributed by atoms with van der Waals surface area (Å²) in [4.78, 5) is 16.7. The molecule has 0 bridgehead atoms. The lowest BCUT2D eigenvalue weighted by Crippen LogP contribution is -2.19. The van der Waals surface area contributed by atoms with Crippen LogP contribution < -0.4 is 25.4 Å². The highest BCUT2D eigenvalue weighted by molar-refractivity contribution is 6.00. The van der Waals surface area contributed by atoms with Crippen LogP contribution in [0, 0.1) is 6.92 Å². The Morgan fingerprint density at radius 1 is 0.812 bits per heavy atom. The number of aryl methyl sites for hydroxylation is 1. The molecule has 162 valence electrons. The summed E-state index contributed by atoms with van der Waals surface area (Å²) in [5, 5.41) is 9.98. The number of rotatable bonds is 6. The maximum atomic E-state index is 12.3. The lowest BCUT2D eigenvalue weighted by atomic mass is 10.1. The maximum Gasteiger partial charge on any atom is 0.323 e. The van der Waals surface area contributed by atoms with Crippen LogP contribution in [0.15, 0.2) is 72.9 Å². The molecule has 7 heteroatoms. The minimum atomic E-state index is -0.294. The van der Waals surface area contributed by atoms with Gasteiger partial charge in [0.2, 0.25) is 0 Å². The van der Waals surface area contributed by atoms with Crippen molar-refractivity contribution < 1.29 is 14.3 Å². The van der Waals surface area contributed by atoms with Gasteiger partial charge in [0, 0.05) is 40.4 Å². The largest absolute Gasteiger partial charge is 0.493 e. The van der Waals surface area contributed by atoms with Gasteiger partial charge in [-0.2, -0.15) is 0 Å². The minimum absolute atomic E-state index is 0.294. The van der Waals surface area contributed by atoms with Crippen LogP contribution in [0.25, 0.3) is 10.9 Å². The molecule has 3 N–H and O–H groups in total. The predicted molar refractivity (Wildman–Crippen MR) is 128 cm³/mol. The van der Waals surface area contributed by atoms with Gasteiger partial charge in [0.15, 0.2) is 11.5 Å². The van der Waals surface area contributed by atoms with Gasteiger partial charge >= 0.3 is 6.03 Å². The monoisotopic (exact) mass is 428 g/mol. The molecule has 0 aliphatic rings. The van der Waals surface area contributed by atoms with Crippen LogP contribution in [-0.2, 0) is 0 Å². The van der Waals surface area contributed by atoms with E-state index in [0.29, 0.717) is 17.2 Å². The number of fused-ring (bicyclic) bond motifs is 1. The van der Waals surface area contributed by atoms with Crippen LogP contribution in [0.1, 0.15) is 5.56 Å². The second kappa shape index (κ2) is 9.26. The summed E-state index contributed by atoms with van der Waals surface area (Å²) in [6, 6.07) is 20.5. The van der Waals surface area contributed by atoms with Gasteiger partial charge in [0.25, 0.3) is 0 Å². The van der Waals surface area contributed by atoms with Crippen molar-refractivity contribution in [3.8, 4) is 11.5 Å². The van der Waals surface area contributed by atoms with Crippen molar-refractivity contribution in [2.24, 2.45) is 0 Å². The second-order valence-corrected chi connectivity index (χ2v) is 7.23. The van der Waals surface area contributed by atoms with Crippen molar-refractivity contribution in [2.45, 2.75) is 6.92 Å². The Hall–Kier alpha value is -4.26. The Bertz CT molecular complexity index is 1260. The molecule has 0 fully saturated rings. The van der Waals surface area contributed by atoms with Gasteiger partial charge in [-0.25, -0.2) is 4.79 Å². The molecule has 32 heavy (non-hydrogen) atoms. The van der Waals surface area contributed by atoms with Crippen LogP contribution >= 0.6 is 0 Å². The molecule has 0 atom stereocenters. The molecule has 3 aromatic carbocycles. The van der Waals surface area contributed by atoms with Crippen molar-refractivity contribution in [1.29, 1.82) is 0 Å². The molecule has 7 nitrogen and oxygen atoms in total. The van der Waals surface area contributed by atoms with E-state index in [1.807, 2.05) is 73.7 Å². The molecule has 0 radical (unpaired) electrons. The smallest absolute Gasteiger partial charge is 0.323 e. The third-order valence-corrected chi connectivity index (χ3v) is 4.94. The van der Waals surface area contributed by atoms with Gasteiger partial charge in [-0.3, -0.25) is 4.98 Å². The first-order valence-corrected chi connectivity index (χ1v) is 10.1. The highest BCUT2D eigenvalue weighted by Gasteiger charge is 2.10. The molecule has 4 aromatic rings. The van der Waals surface area contributed by atoms with Gasteiger partial charge in [-0.15, -0.1) is 0 Å². The van der Waals surface area contributed by atoms with Crippen LogP contribution in [0.3, 0.4) is 0 Å². The van der Waals surface area contributed by atoms with Crippen LogP contribution in [0.4, 0.5) is 27.5 Å². The standard InChI is InChI=1S/C25H24N4O3/c1-16-5-4-6-19(13-16)29-25(30)28-18-9-7-17(8-10-18)27-21-11-12-26-22-15-24(32-3)23(31-2)14-20(21)22/h4-15H,1-3H3,(H,26,27)(H2,28,29,30). The second-order valence-electron chi connectivity index (χ2n) is 7.23. The van der Waals surface area contributed by atoms with E-state index in [4.69, 9.17) is 9.47 Å². The summed E-state index contributed by atoms with van der Waals surface area (Å²) >= 11 is 0. The van der Waals surface area contributed by atoms with E-state index < -0.39 is 0 Å². The predicted octanol–water partition coefficient (Wildman–Crippen LogP) is 5.95. The number of pyridine rings is 1. The van der Waals surface area contributed by atoms with E-state index in [-0.39, 0.29) is 6.03 Å². The molecular weight excluding hydrogens is 404 g/mol. The van der Waals surface area contributed by atoms with Gasteiger partial charge in [-0.05, 0) is 61.0 Å². The van der Waals surface area contributed by atoms with Gasteiger partial charge < -0.3 is 25.4 Å². The van der Waals surface area contributed by atoms with E-state index in [1.165, 1.54) is 0 Å². The quantitative estimate of drug-likeness (QED) is 0.353. The lowest BCUT2D eigenvalue weighted by molar-refractivity contribution is 0.262. The summed E-state index contributed by atoms with van der Waals surface area (Å²) in [6.45, 7) is 1.98. The number of nitrogens with one attached hydrogen (secondary N) is 3. The third-order valence-electron chi connectivity index (χ3n) is 4.94. The SMILES string of the molecule is COc1cc2nccc(Nc3ccc(NC(=O)Nc4cccc(C)c4)cc3)c2cc1OC. The number of hydrogen-bond acceptors (Lipinski definition) is 5. The van der Waals surface area contributed by atoms with Crippen LogP contribution in [0.2, 0.25) is 0 Å². The van der Waals surface area contributed by atoms with E-state index in [1.54, 1.807) is 20.4 Å². The number of urea groups is 1. The number of nitrogens with zero attached hydrogens (tertiary/aromatic N) is 1. The molecule has 0 aliphatic carbocycles. The Morgan fingerprint density at radius 3 is 2.22 bits per heavy atom. The number of carbonyl (C=O) groups excluding carboxylic acids is 1. The summed E-state index contributed by atoms with van der Waals surface area (Å²) in [6.07, 6.45) is 1.74. The molecule has 2 amide bonds. The van der Waals surface area contributed by atoms with Gasteiger partial charge in [0.05, 0.1) is 19.7 Å². The Labute approximate surface area is 186 Å². The summed E-state index contributed by atoms with van der Waals surface area (Å²) in [7, 11) is 3.20. The fourth-order valence-electron chi connectivity index (χ4n) is 3.39. The molecular formula is C25H24N4O3. The first-order chi connectivity index (χ1) is 15.6. The van der Waals surface area contributed by atoms with Gasteiger partial charge in [-0.1, -0.05) is 12.1 Å². The Kier molecular flexibility index (Phi) is 6.07. The number of anilines is 4. The summed E-state index contributed by atoms with van der Waals surface area (Å²) in [5.74, 6) is 1.26. The lowest BCUT2D eigenvalue weighted by Gasteiger charge is -2.13. The topological polar surface area (TPSA) is 84.5 Å². The molecule has 0 saturated carbocycles. The number of ether oxygens (including phenoxy) is 2. The average molecular weight is 428 g/mol. The zero-order chi connectivity index (χ0) is 22.5. The van der Waals surface area contributed by atoms with Crippen molar-refractivity contribution in [2.75, 3.05) is 30.2 Å². The first-order valence-electron chi connectivity index (χ1n) is 10.1. The molecule has 0 aliphatic heterocycles. The summed E-state index contributed by atoms with van der Waals surface area (Å²) in [5.41, 5.74) is 5.06. The van der Waals surface area contributed by atoms with E-state index in [9.17, 15) is 4.79 Å². The zero-order valence-corrected chi connectivity index (χ0v) is 18.1. The normalized spacial score (nSPS) is 10.5. The van der Waals surface area contributed by atoms with E-state index >= 15 is 0 Å². The molecule has 1 heterocycles. The van der Waals surface area contributed by atoms with Crippen molar-refractivity contribution in [1.82, 2.24) is 4.98 Å². The maximum absolute atomic E-state index is 12.3. The number of carbonyl (C=O) groups is 1. The highest BCUT2D eigenvalue weighted by atomic mass is 16.5. The number of hydrogen-bond donors (Lipinski definition) is 3. The first kappa shape index (κ1) is 21.0. The van der Waals surface area contributed by atoms with Crippen molar-refractivity contribution in [3.63, 3.8) is 0 Å². The van der Waals surface area contributed by atoms with E-state index in [0.717, 1.165) is 33.5 Å². The molecule has 0 spiro atoms. The fraction of sp³-hybridized carbons (Fsp3) is 0.120. The molecule has 4 rings (SSSR count). The van der Waals surface area contributed by atoms with Crippen LogP contribution in [-0.4, -0.2) is 25.2 Å². The zero-order valence-electron chi connectivity index (χ0n) is 18.1. The Balaban J connectivity index is 1.48. The fourth-order valence-corrected chi connectivity index (χ4v) is 3.39. The number of aromatic nitrogens is 1. The number of benzene rings is 3. The molecule has 0 unspecified atom stereocenters. The molecule has 0 saturated heterocycles. The van der Waals surface area contributed by atoms with Crippen molar-refractivity contribution >= 4 is 39.7 Å². The summed E-state index contributed by atoms with van der Waals surface area (Å²) < 4.78 is 10.8. The van der Waals surface area contributed by atoms with E-state index in [2.05, 4.69) is 20.9 Å².